The molecule has 1 N–H and O–H groups in total. The van der Waals surface area contributed by atoms with E-state index in [0.717, 1.165) is 0 Å². The Bertz CT molecular complexity index is 1210. The Balaban J connectivity index is 2.16. The van der Waals surface area contributed by atoms with Crippen molar-refractivity contribution in [1.29, 1.82) is 0 Å². The molecule has 0 radical (unpaired) electrons. The first-order valence-corrected chi connectivity index (χ1v) is 11.8. The van der Waals surface area contributed by atoms with Gasteiger partial charge in [0.2, 0.25) is 10.0 Å². The van der Waals surface area contributed by atoms with E-state index in [1.165, 1.54) is 0 Å². The van der Waals surface area contributed by atoms with Gasteiger partial charge in [-0.15, -0.1) is 0 Å². The Morgan fingerprint density at radius 3 is 1.54 bits per heavy atom. The van der Waals surface area contributed by atoms with Crippen molar-refractivity contribution in [3.8, 4) is 0 Å². The lowest BCUT2D eigenvalue weighted by Crippen LogP contribution is -2.38. The fraction of sp³-hybridized carbons (Fsp3) is 0.250. The first-order chi connectivity index (χ1) is 16.2. The molecular formula is C24H22F6N2O2S. The lowest BCUT2D eigenvalue weighted by Gasteiger charge is -2.33. The summed E-state index contributed by atoms with van der Waals surface area (Å²) in [5.41, 5.74) is -2.26. The minimum Gasteiger partial charge on any atom is -0.301 e. The summed E-state index contributed by atoms with van der Waals surface area (Å²) in [5, 5.41) is 0. The van der Waals surface area contributed by atoms with Crippen molar-refractivity contribution in [2.24, 2.45) is 0 Å². The van der Waals surface area contributed by atoms with Crippen LogP contribution in [0.4, 0.5) is 26.3 Å². The van der Waals surface area contributed by atoms with Crippen LogP contribution in [0.25, 0.3) is 0 Å². The van der Waals surface area contributed by atoms with Gasteiger partial charge in [0.25, 0.3) is 0 Å². The third-order valence-corrected chi connectivity index (χ3v) is 6.75. The van der Waals surface area contributed by atoms with Crippen LogP contribution < -0.4 is 4.72 Å². The number of halogens is 6. The summed E-state index contributed by atoms with van der Waals surface area (Å²) in [6.45, 7) is 0. The van der Waals surface area contributed by atoms with E-state index in [1.807, 2.05) is 0 Å². The molecule has 4 nitrogen and oxygen atoms in total. The van der Waals surface area contributed by atoms with Crippen LogP contribution in [0.1, 0.15) is 34.3 Å². The molecule has 35 heavy (non-hydrogen) atoms. The van der Waals surface area contributed by atoms with E-state index in [0.29, 0.717) is 11.1 Å². The second-order valence-corrected chi connectivity index (χ2v) is 9.78. The van der Waals surface area contributed by atoms with Crippen molar-refractivity contribution in [1.82, 2.24) is 9.62 Å². The Morgan fingerprint density at radius 1 is 0.714 bits per heavy atom. The van der Waals surface area contributed by atoms with Crippen LogP contribution in [0.15, 0.2) is 83.8 Å². The lowest BCUT2D eigenvalue weighted by molar-refractivity contribution is -0.143. The van der Waals surface area contributed by atoms with Gasteiger partial charge in [0.05, 0.1) is 28.1 Å². The van der Waals surface area contributed by atoms with Gasteiger partial charge in [0, 0.05) is 0 Å². The molecule has 0 heterocycles. The molecule has 0 bridgehead atoms. The molecule has 0 aromatic heterocycles. The number of nitrogens with one attached hydrogen (secondary N) is 1. The summed E-state index contributed by atoms with van der Waals surface area (Å²) in [7, 11) is -1.46. The van der Waals surface area contributed by atoms with E-state index >= 15 is 0 Å². The average Bonchev–Trinajstić information content (AvgIpc) is 2.78. The summed E-state index contributed by atoms with van der Waals surface area (Å²) in [4.78, 5) is 0.578. The number of nitrogens with zero attached hydrogens (tertiary/aromatic N) is 1. The van der Waals surface area contributed by atoms with Crippen molar-refractivity contribution in [3.63, 3.8) is 0 Å². The van der Waals surface area contributed by atoms with E-state index in [1.54, 1.807) is 79.7 Å². The van der Waals surface area contributed by atoms with Crippen molar-refractivity contribution in [3.05, 3.63) is 101 Å². The summed E-state index contributed by atoms with van der Waals surface area (Å²) in [5.74, 6) is 0. The molecule has 0 fully saturated rings. The fourth-order valence-corrected chi connectivity index (χ4v) is 5.03. The van der Waals surface area contributed by atoms with E-state index < -0.39 is 50.5 Å². The quantitative estimate of drug-likeness (QED) is 0.389. The van der Waals surface area contributed by atoms with Gasteiger partial charge in [-0.2, -0.15) is 26.3 Å². The molecule has 2 atom stereocenters. The maximum absolute atomic E-state index is 13.3. The predicted octanol–water partition coefficient (Wildman–Crippen LogP) is 6.05. The molecule has 188 valence electrons. The number of alkyl halides is 6. The highest BCUT2D eigenvalue weighted by atomic mass is 32.2. The van der Waals surface area contributed by atoms with Gasteiger partial charge in [0.1, 0.15) is 0 Å². The highest BCUT2D eigenvalue weighted by Gasteiger charge is 2.39. The van der Waals surface area contributed by atoms with Crippen molar-refractivity contribution in [2.45, 2.75) is 29.3 Å². The van der Waals surface area contributed by atoms with Crippen LogP contribution in [0.2, 0.25) is 0 Å². The third-order valence-electron chi connectivity index (χ3n) is 5.33. The van der Waals surface area contributed by atoms with E-state index in [4.69, 9.17) is 0 Å². The largest absolute Gasteiger partial charge is 0.416 e. The molecule has 3 aromatic carbocycles. The van der Waals surface area contributed by atoms with E-state index in [9.17, 15) is 34.8 Å². The van der Waals surface area contributed by atoms with Crippen LogP contribution in [0.5, 0.6) is 0 Å². The maximum atomic E-state index is 13.3. The van der Waals surface area contributed by atoms with Crippen LogP contribution in [0, 0.1) is 0 Å². The molecule has 0 aliphatic heterocycles. The first kappa shape index (κ1) is 26.7. The highest BCUT2D eigenvalue weighted by molar-refractivity contribution is 7.89. The van der Waals surface area contributed by atoms with Gasteiger partial charge in [-0.1, -0.05) is 60.7 Å². The predicted molar refractivity (Wildman–Crippen MR) is 119 cm³/mol. The van der Waals surface area contributed by atoms with E-state index in [-0.39, 0.29) is 18.2 Å². The highest BCUT2D eigenvalue weighted by Crippen LogP contribution is 2.38. The normalized spacial score (nSPS) is 14.7. The molecule has 0 spiro atoms. The number of hydrogen-bond donors (Lipinski definition) is 1. The van der Waals surface area contributed by atoms with Gasteiger partial charge in [-0.25, -0.2) is 13.1 Å². The topological polar surface area (TPSA) is 49.4 Å². The zero-order valence-corrected chi connectivity index (χ0v) is 19.4. The Hall–Kier alpha value is -2.89. The minimum atomic E-state index is -5.18. The van der Waals surface area contributed by atoms with Gasteiger partial charge < -0.3 is 4.90 Å². The van der Waals surface area contributed by atoms with Gasteiger partial charge in [0.15, 0.2) is 0 Å². The summed E-state index contributed by atoms with van der Waals surface area (Å²) >= 11 is 0. The maximum Gasteiger partial charge on any atom is 0.416 e. The van der Waals surface area contributed by atoms with Crippen LogP contribution in [-0.2, 0) is 22.4 Å². The molecule has 3 rings (SSSR count). The van der Waals surface area contributed by atoms with Crippen molar-refractivity contribution >= 4 is 10.0 Å². The lowest BCUT2D eigenvalue weighted by atomic mass is 9.93. The molecule has 0 amide bonds. The first-order valence-electron chi connectivity index (χ1n) is 10.3. The van der Waals surface area contributed by atoms with Gasteiger partial charge >= 0.3 is 12.4 Å². The Kier molecular flexibility index (Phi) is 7.63. The number of benzene rings is 3. The average molecular weight is 517 g/mol. The van der Waals surface area contributed by atoms with E-state index in [2.05, 4.69) is 4.72 Å². The molecule has 0 aliphatic rings. The number of likely N-dealkylation sites (N-methyl/N-ethyl adjacent to an activating group) is 1. The Morgan fingerprint density at radius 2 is 1.14 bits per heavy atom. The number of rotatable bonds is 7. The molecule has 3 aromatic rings. The molecule has 0 saturated carbocycles. The monoisotopic (exact) mass is 516 g/mol. The zero-order chi connectivity index (χ0) is 26.0. The van der Waals surface area contributed by atoms with Crippen LogP contribution >= 0.6 is 0 Å². The second-order valence-electron chi connectivity index (χ2n) is 8.07. The van der Waals surface area contributed by atoms with Crippen molar-refractivity contribution < 1.29 is 34.8 Å². The molecular weight excluding hydrogens is 494 g/mol. The number of sulfonamides is 1. The fourth-order valence-electron chi connectivity index (χ4n) is 3.73. The van der Waals surface area contributed by atoms with Crippen molar-refractivity contribution in [2.75, 3.05) is 14.1 Å². The Labute approximate surface area is 199 Å². The molecule has 11 heteroatoms. The smallest absolute Gasteiger partial charge is 0.301 e. The van der Waals surface area contributed by atoms with Crippen LogP contribution in [0.3, 0.4) is 0 Å². The van der Waals surface area contributed by atoms with Gasteiger partial charge in [-0.3, -0.25) is 0 Å². The SMILES string of the molecule is CN(C)C(c1ccccc1)C(NS(=O)(=O)c1cc(C(F)(F)F)cc(C(F)(F)F)c1)c1ccccc1. The summed E-state index contributed by atoms with van der Waals surface area (Å²) in [6.07, 6.45) is -10.4. The minimum absolute atomic E-state index is 0.111. The summed E-state index contributed by atoms with van der Waals surface area (Å²) in [6, 6.07) is 15.6. The molecule has 0 saturated heterocycles. The standard InChI is InChI=1S/C24H22F6N2O2S/c1-32(2)22(17-11-7-4-8-12-17)21(16-9-5-3-6-10-16)31-35(33,34)20-14-18(23(25,26)27)13-19(15-20)24(28,29)30/h3-15,21-22,31H,1-2H3. The zero-order valence-electron chi connectivity index (χ0n) is 18.6. The summed E-state index contributed by atoms with van der Waals surface area (Å²) < 4.78 is 109. The second kappa shape index (κ2) is 10.00. The van der Waals surface area contributed by atoms with Gasteiger partial charge in [-0.05, 0) is 43.4 Å². The molecule has 0 aliphatic carbocycles. The third kappa shape index (κ3) is 6.41. The van der Waals surface area contributed by atoms with Crippen LogP contribution in [-0.4, -0.2) is 27.4 Å². The molecule has 2 unspecified atom stereocenters. The number of hydrogen-bond acceptors (Lipinski definition) is 3.